The number of ketones is 2. The number of ether oxygens (including phenoxy) is 2. The molecule has 0 heterocycles. The molecule has 0 unspecified atom stereocenters. The Morgan fingerprint density at radius 3 is 2.19 bits per heavy atom. The quantitative estimate of drug-likeness (QED) is 0.548. The highest BCUT2D eigenvalue weighted by molar-refractivity contribution is 6.11. The molecule has 2 aromatic carbocycles. The van der Waals surface area contributed by atoms with E-state index in [1.54, 1.807) is 24.3 Å². The first-order valence-corrected chi connectivity index (χ1v) is 8.09. The van der Waals surface area contributed by atoms with Gasteiger partial charge in [0.1, 0.15) is 11.5 Å². The molecule has 2 rings (SSSR count). The van der Waals surface area contributed by atoms with Gasteiger partial charge in [-0.25, -0.2) is 0 Å². The van der Waals surface area contributed by atoms with E-state index in [4.69, 9.17) is 9.47 Å². The molecule has 0 bridgehead atoms. The minimum absolute atomic E-state index is 0.0241. The summed E-state index contributed by atoms with van der Waals surface area (Å²) in [6, 6.07) is 9.46. The molecule has 0 spiro atoms. The highest BCUT2D eigenvalue weighted by atomic mass is 16.5. The fraction of sp³-hybridized carbons (Fsp3) is 0.143. The number of benzene rings is 2. The summed E-state index contributed by atoms with van der Waals surface area (Å²) in [5.74, 6) is -0.105. The highest BCUT2D eigenvalue weighted by Crippen LogP contribution is 2.28. The molecule has 0 aliphatic rings. The third kappa shape index (κ3) is 5.47. The molecule has 0 radical (unpaired) electrons. The molecule has 0 atom stereocenters. The Labute approximate surface area is 157 Å². The molecule has 0 aliphatic carbocycles. The van der Waals surface area contributed by atoms with Crippen LogP contribution in [0.3, 0.4) is 0 Å². The summed E-state index contributed by atoms with van der Waals surface area (Å²) in [5.41, 5.74) is 0.966. The van der Waals surface area contributed by atoms with Crippen molar-refractivity contribution in [3.8, 4) is 23.0 Å². The van der Waals surface area contributed by atoms with Crippen LogP contribution in [0.5, 0.6) is 23.0 Å². The average Bonchev–Trinajstić information content (AvgIpc) is 2.65. The van der Waals surface area contributed by atoms with E-state index in [-0.39, 0.29) is 23.7 Å². The van der Waals surface area contributed by atoms with Crippen LogP contribution in [-0.2, 0) is 9.59 Å². The molecule has 6 nitrogen and oxygen atoms in total. The summed E-state index contributed by atoms with van der Waals surface area (Å²) in [6.07, 6.45) is 5.10. The van der Waals surface area contributed by atoms with Gasteiger partial charge in [0, 0.05) is 0 Å². The van der Waals surface area contributed by atoms with E-state index in [0.717, 1.165) is 0 Å². The van der Waals surface area contributed by atoms with Crippen molar-refractivity contribution in [3.63, 3.8) is 0 Å². The molecule has 0 aliphatic heterocycles. The van der Waals surface area contributed by atoms with Crippen LogP contribution in [0.25, 0.3) is 12.2 Å². The van der Waals surface area contributed by atoms with Crippen LogP contribution >= 0.6 is 0 Å². The van der Waals surface area contributed by atoms with Gasteiger partial charge in [0.05, 0.1) is 26.2 Å². The number of carbonyl (C=O) groups excluding carboxylic acids is 2. The van der Waals surface area contributed by atoms with Crippen molar-refractivity contribution >= 4 is 23.7 Å². The second kappa shape index (κ2) is 9.24. The molecular weight excluding hydrogens is 348 g/mol. The monoisotopic (exact) mass is 368 g/mol. The van der Waals surface area contributed by atoms with E-state index < -0.39 is 5.78 Å². The summed E-state index contributed by atoms with van der Waals surface area (Å²) in [4.78, 5) is 23.9. The van der Waals surface area contributed by atoms with E-state index >= 15 is 0 Å². The summed E-state index contributed by atoms with van der Waals surface area (Å²) in [7, 11) is 2.90. The van der Waals surface area contributed by atoms with Crippen LogP contribution < -0.4 is 9.47 Å². The largest absolute Gasteiger partial charge is 0.507 e. The normalized spacial score (nSPS) is 11.0. The SMILES string of the molecule is COc1ccc(/C=C/C(=O)CC(=O)/C=C/c2c(O)cccc2OC)cc1O. The van der Waals surface area contributed by atoms with Crippen molar-refractivity contribution in [1.82, 2.24) is 0 Å². The van der Waals surface area contributed by atoms with Gasteiger partial charge in [0.15, 0.2) is 23.1 Å². The fourth-order valence-corrected chi connectivity index (χ4v) is 2.34. The molecule has 2 N–H and O–H groups in total. The van der Waals surface area contributed by atoms with Crippen LogP contribution in [-0.4, -0.2) is 36.0 Å². The summed E-state index contributed by atoms with van der Waals surface area (Å²) >= 11 is 0. The standard InChI is InChI=1S/C21H20O6/c1-26-20-5-3-4-18(24)17(20)10-9-16(23)13-15(22)8-6-14-7-11-21(27-2)19(25)12-14/h3-12,24-25H,13H2,1-2H3/b8-6+,10-9+. The van der Waals surface area contributed by atoms with Gasteiger partial charge in [0.25, 0.3) is 0 Å². The van der Waals surface area contributed by atoms with Gasteiger partial charge in [-0.2, -0.15) is 0 Å². The molecular formula is C21H20O6. The molecule has 0 saturated heterocycles. The number of aromatic hydroxyl groups is 2. The number of hydrogen-bond donors (Lipinski definition) is 2. The molecule has 0 fully saturated rings. The van der Waals surface area contributed by atoms with E-state index in [1.807, 2.05) is 0 Å². The lowest BCUT2D eigenvalue weighted by Gasteiger charge is -2.05. The Balaban J connectivity index is 2.00. The molecule has 0 saturated carbocycles. The summed E-state index contributed by atoms with van der Waals surface area (Å²) in [6.45, 7) is 0. The number of allylic oxidation sites excluding steroid dienone is 2. The van der Waals surface area contributed by atoms with Crippen molar-refractivity contribution in [1.29, 1.82) is 0 Å². The molecule has 2 aromatic rings. The van der Waals surface area contributed by atoms with Gasteiger partial charge >= 0.3 is 0 Å². The molecule has 0 amide bonds. The predicted octanol–water partition coefficient (Wildman–Crippen LogP) is 3.37. The number of carbonyl (C=O) groups is 2. The third-order valence-electron chi connectivity index (χ3n) is 3.71. The van der Waals surface area contributed by atoms with Crippen molar-refractivity contribution in [2.45, 2.75) is 6.42 Å². The lowest BCUT2D eigenvalue weighted by molar-refractivity contribution is -0.121. The second-order valence-corrected chi connectivity index (χ2v) is 5.60. The Kier molecular flexibility index (Phi) is 6.77. The van der Waals surface area contributed by atoms with Crippen molar-refractivity contribution in [3.05, 3.63) is 59.7 Å². The average molecular weight is 368 g/mol. The maximum Gasteiger partial charge on any atom is 0.163 e. The Hall–Kier alpha value is -3.54. The first kappa shape index (κ1) is 19.8. The smallest absolute Gasteiger partial charge is 0.163 e. The van der Waals surface area contributed by atoms with E-state index in [9.17, 15) is 19.8 Å². The zero-order valence-corrected chi connectivity index (χ0v) is 15.0. The molecule has 140 valence electrons. The van der Waals surface area contributed by atoms with Gasteiger partial charge < -0.3 is 19.7 Å². The number of hydrogen-bond acceptors (Lipinski definition) is 6. The molecule has 27 heavy (non-hydrogen) atoms. The van der Waals surface area contributed by atoms with Gasteiger partial charge in [-0.05, 0) is 48.1 Å². The maximum absolute atomic E-state index is 12.0. The van der Waals surface area contributed by atoms with Crippen molar-refractivity contribution < 1.29 is 29.3 Å². The molecule has 6 heteroatoms. The van der Waals surface area contributed by atoms with Crippen LogP contribution in [0.1, 0.15) is 17.5 Å². The lowest BCUT2D eigenvalue weighted by Crippen LogP contribution is -2.02. The second-order valence-electron chi connectivity index (χ2n) is 5.60. The van der Waals surface area contributed by atoms with E-state index in [0.29, 0.717) is 22.6 Å². The van der Waals surface area contributed by atoms with E-state index in [1.165, 1.54) is 50.7 Å². The number of rotatable bonds is 8. The predicted molar refractivity (Wildman–Crippen MR) is 102 cm³/mol. The number of phenolic OH excluding ortho intramolecular Hbond substituents is 2. The third-order valence-corrected chi connectivity index (χ3v) is 3.71. The molecule has 0 aromatic heterocycles. The number of methoxy groups -OCH3 is 2. The Bertz CT molecular complexity index is 896. The van der Waals surface area contributed by atoms with Gasteiger partial charge in [-0.15, -0.1) is 0 Å². The minimum Gasteiger partial charge on any atom is -0.507 e. The van der Waals surface area contributed by atoms with Crippen molar-refractivity contribution in [2.75, 3.05) is 14.2 Å². The van der Waals surface area contributed by atoms with E-state index in [2.05, 4.69) is 0 Å². The van der Waals surface area contributed by atoms with Crippen LogP contribution in [0, 0.1) is 0 Å². The highest BCUT2D eigenvalue weighted by Gasteiger charge is 2.08. The zero-order valence-electron chi connectivity index (χ0n) is 15.0. The first-order valence-electron chi connectivity index (χ1n) is 8.09. The van der Waals surface area contributed by atoms with Crippen molar-refractivity contribution in [2.24, 2.45) is 0 Å². The maximum atomic E-state index is 12.0. The van der Waals surface area contributed by atoms with Gasteiger partial charge in [-0.1, -0.05) is 18.2 Å². The Morgan fingerprint density at radius 2 is 1.56 bits per heavy atom. The summed E-state index contributed by atoms with van der Waals surface area (Å²) in [5, 5.41) is 19.5. The zero-order chi connectivity index (χ0) is 19.8. The van der Waals surface area contributed by atoms with Gasteiger partial charge in [0.2, 0.25) is 0 Å². The Morgan fingerprint density at radius 1 is 0.889 bits per heavy atom. The minimum atomic E-state index is -0.410. The topological polar surface area (TPSA) is 93.1 Å². The van der Waals surface area contributed by atoms with Gasteiger partial charge in [-0.3, -0.25) is 9.59 Å². The van der Waals surface area contributed by atoms with Crippen LogP contribution in [0.2, 0.25) is 0 Å². The summed E-state index contributed by atoms with van der Waals surface area (Å²) < 4.78 is 10.1. The van der Waals surface area contributed by atoms with Crippen LogP contribution in [0.15, 0.2) is 48.6 Å². The fourth-order valence-electron chi connectivity index (χ4n) is 2.34. The van der Waals surface area contributed by atoms with Crippen LogP contribution in [0.4, 0.5) is 0 Å². The number of phenols is 2. The lowest BCUT2D eigenvalue weighted by atomic mass is 10.1. The first-order chi connectivity index (χ1) is 12.9.